The molecule has 0 fully saturated rings. The van der Waals surface area contributed by atoms with E-state index < -0.39 is 0 Å². The van der Waals surface area contributed by atoms with Crippen LogP contribution in [0.3, 0.4) is 0 Å². The van der Waals surface area contributed by atoms with Crippen LogP contribution in [0.25, 0.3) is 0 Å². The zero-order valence-corrected chi connectivity index (χ0v) is 9.71. The second-order valence-corrected chi connectivity index (χ2v) is 3.44. The Morgan fingerprint density at radius 2 is 2.17 bits per heavy atom. The third kappa shape index (κ3) is 2.65. The van der Waals surface area contributed by atoms with Crippen molar-refractivity contribution in [2.45, 2.75) is 0 Å². The zero-order chi connectivity index (χ0) is 13.0. The van der Waals surface area contributed by atoms with E-state index in [1.807, 2.05) is 6.07 Å². The molecule has 3 N–H and O–H groups in total. The number of nitrogen functional groups attached to an aromatic ring is 1. The van der Waals surface area contributed by atoms with Crippen LogP contribution in [0.4, 0.5) is 11.8 Å². The monoisotopic (exact) mass is 241 g/mol. The Bertz CT molecular complexity index is 606. The fraction of sp³-hybridized carbons (Fsp3) is 0.0833. The van der Waals surface area contributed by atoms with Gasteiger partial charge >= 0.3 is 0 Å². The molecular formula is C12H11N5O. The molecule has 6 nitrogen and oxygen atoms in total. The molecule has 0 saturated carbocycles. The quantitative estimate of drug-likeness (QED) is 0.849. The van der Waals surface area contributed by atoms with Gasteiger partial charge in [-0.1, -0.05) is 6.07 Å². The summed E-state index contributed by atoms with van der Waals surface area (Å²) < 4.78 is 5.52. The lowest BCUT2D eigenvalue weighted by atomic mass is 10.2. The van der Waals surface area contributed by atoms with Crippen LogP contribution in [0.2, 0.25) is 0 Å². The predicted molar refractivity (Wildman–Crippen MR) is 67.2 cm³/mol. The molecule has 1 aromatic heterocycles. The summed E-state index contributed by atoms with van der Waals surface area (Å²) in [5, 5.41) is 11.6. The summed E-state index contributed by atoms with van der Waals surface area (Å²) >= 11 is 0. The van der Waals surface area contributed by atoms with Crippen molar-refractivity contribution in [2.24, 2.45) is 0 Å². The van der Waals surface area contributed by atoms with E-state index in [1.54, 1.807) is 37.4 Å². The average Bonchev–Trinajstić information content (AvgIpc) is 2.38. The Hall–Kier alpha value is -2.81. The lowest BCUT2D eigenvalue weighted by molar-refractivity contribution is 0.463. The minimum absolute atomic E-state index is 0.119. The highest BCUT2D eigenvalue weighted by Crippen LogP contribution is 2.22. The maximum Gasteiger partial charge on any atom is 0.226 e. The van der Waals surface area contributed by atoms with E-state index >= 15 is 0 Å². The van der Waals surface area contributed by atoms with Gasteiger partial charge in [0.25, 0.3) is 0 Å². The van der Waals surface area contributed by atoms with Gasteiger partial charge < -0.3 is 15.8 Å². The Kier molecular flexibility index (Phi) is 3.25. The molecule has 1 aromatic carbocycles. The van der Waals surface area contributed by atoms with E-state index in [0.29, 0.717) is 23.0 Å². The van der Waals surface area contributed by atoms with Crippen molar-refractivity contribution in [1.82, 2.24) is 9.97 Å². The number of rotatable bonds is 3. The van der Waals surface area contributed by atoms with Crippen LogP contribution < -0.4 is 15.8 Å². The first-order valence-corrected chi connectivity index (χ1v) is 5.21. The second kappa shape index (κ2) is 5.01. The van der Waals surface area contributed by atoms with Crippen molar-refractivity contribution < 1.29 is 4.74 Å². The van der Waals surface area contributed by atoms with E-state index in [1.165, 1.54) is 0 Å². The lowest BCUT2D eigenvalue weighted by Crippen LogP contribution is -2.01. The van der Waals surface area contributed by atoms with Gasteiger partial charge in [0.05, 0.1) is 11.6 Å². The van der Waals surface area contributed by atoms with E-state index in [-0.39, 0.29) is 5.95 Å². The Morgan fingerprint density at radius 3 is 2.89 bits per heavy atom. The Labute approximate surface area is 104 Å². The van der Waals surface area contributed by atoms with E-state index in [4.69, 9.17) is 15.7 Å². The molecule has 0 amide bonds. The number of nitrogens with one attached hydrogen (secondary N) is 1. The lowest BCUT2D eigenvalue weighted by Gasteiger charge is -2.07. The molecule has 0 aliphatic heterocycles. The van der Waals surface area contributed by atoms with E-state index in [0.717, 1.165) is 0 Å². The van der Waals surface area contributed by atoms with Crippen LogP contribution >= 0.6 is 0 Å². The van der Waals surface area contributed by atoms with Gasteiger partial charge in [-0.3, -0.25) is 0 Å². The largest absolute Gasteiger partial charge is 0.439 e. The summed E-state index contributed by atoms with van der Waals surface area (Å²) in [5.74, 6) is 1.53. The first-order chi connectivity index (χ1) is 8.71. The summed E-state index contributed by atoms with van der Waals surface area (Å²) in [6.45, 7) is 0. The van der Waals surface area contributed by atoms with Gasteiger partial charge in [-0.05, 0) is 18.2 Å². The summed E-state index contributed by atoms with van der Waals surface area (Å²) in [6.07, 6.45) is 0. The van der Waals surface area contributed by atoms with Gasteiger partial charge in [0.15, 0.2) is 0 Å². The molecule has 0 aliphatic carbocycles. The minimum Gasteiger partial charge on any atom is -0.439 e. The van der Waals surface area contributed by atoms with Crippen LogP contribution in [0, 0.1) is 11.3 Å². The summed E-state index contributed by atoms with van der Waals surface area (Å²) in [6, 6.07) is 10.4. The number of benzene rings is 1. The summed E-state index contributed by atoms with van der Waals surface area (Å²) in [5.41, 5.74) is 6.07. The number of aromatic nitrogens is 2. The molecule has 1 heterocycles. The molecular weight excluding hydrogens is 230 g/mol. The van der Waals surface area contributed by atoms with Gasteiger partial charge in [0.1, 0.15) is 11.6 Å². The average molecular weight is 241 g/mol. The normalized spacial score (nSPS) is 9.56. The first kappa shape index (κ1) is 11.7. The fourth-order valence-corrected chi connectivity index (χ4v) is 1.37. The van der Waals surface area contributed by atoms with Gasteiger partial charge in [-0.25, -0.2) is 0 Å². The second-order valence-electron chi connectivity index (χ2n) is 3.44. The number of ether oxygens (including phenoxy) is 1. The molecule has 0 bridgehead atoms. The highest BCUT2D eigenvalue weighted by Gasteiger charge is 2.04. The van der Waals surface area contributed by atoms with Crippen LogP contribution in [-0.4, -0.2) is 17.0 Å². The van der Waals surface area contributed by atoms with Crippen LogP contribution in [0.15, 0.2) is 30.3 Å². The highest BCUT2D eigenvalue weighted by molar-refractivity contribution is 5.44. The topological polar surface area (TPSA) is 96.8 Å². The molecule has 0 atom stereocenters. The molecule has 2 aromatic rings. The maximum atomic E-state index is 8.79. The first-order valence-electron chi connectivity index (χ1n) is 5.21. The number of nitrogens with two attached hydrogens (primary N) is 1. The Morgan fingerprint density at radius 1 is 1.33 bits per heavy atom. The summed E-state index contributed by atoms with van der Waals surface area (Å²) in [7, 11) is 1.72. The fourth-order valence-electron chi connectivity index (χ4n) is 1.37. The van der Waals surface area contributed by atoms with Crippen LogP contribution in [-0.2, 0) is 0 Å². The van der Waals surface area contributed by atoms with Gasteiger partial charge in [0.2, 0.25) is 11.8 Å². The SMILES string of the molecule is CNc1cc(Oc2cccc(C#N)c2)nc(N)n1. The number of hydrogen-bond acceptors (Lipinski definition) is 6. The molecule has 0 radical (unpaired) electrons. The Balaban J connectivity index is 2.28. The molecule has 0 spiro atoms. The third-order valence-corrected chi connectivity index (χ3v) is 2.16. The standard InChI is InChI=1S/C12H11N5O/c1-15-10-6-11(17-12(14)16-10)18-9-4-2-3-8(5-9)7-13/h2-6H,1H3,(H3,14,15,16,17). The van der Waals surface area contributed by atoms with Gasteiger partial charge in [-0.15, -0.1) is 0 Å². The van der Waals surface area contributed by atoms with E-state index in [2.05, 4.69) is 15.3 Å². The predicted octanol–water partition coefficient (Wildman–Crippen LogP) is 1.76. The zero-order valence-electron chi connectivity index (χ0n) is 9.71. The number of hydrogen-bond donors (Lipinski definition) is 2. The molecule has 90 valence electrons. The van der Waals surface area contributed by atoms with Crippen molar-refractivity contribution >= 4 is 11.8 Å². The summed E-state index contributed by atoms with van der Waals surface area (Å²) in [4.78, 5) is 7.90. The maximum absolute atomic E-state index is 8.79. The van der Waals surface area contributed by atoms with Crippen molar-refractivity contribution in [3.05, 3.63) is 35.9 Å². The molecule has 18 heavy (non-hydrogen) atoms. The number of nitrogens with zero attached hydrogens (tertiary/aromatic N) is 3. The van der Waals surface area contributed by atoms with Crippen molar-refractivity contribution in [3.8, 4) is 17.7 Å². The van der Waals surface area contributed by atoms with Crippen LogP contribution in [0.1, 0.15) is 5.56 Å². The van der Waals surface area contributed by atoms with Gasteiger partial charge in [0, 0.05) is 13.1 Å². The van der Waals surface area contributed by atoms with Gasteiger partial charge in [-0.2, -0.15) is 15.2 Å². The molecule has 2 rings (SSSR count). The number of nitriles is 1. The van der Waals surface area contributed by atoms with Crippen molar-refractivity contribution in [3.63, 3.8) is 0 Å². The van der Waals surface area contributed by atoms with Crippen molar-refractivity contribution in [1.29, 1.82) is 5.26 Å². The van der Waals surface area contributed by atoms with Crippen LogP contribution in [0.5, 0.6) is 11.6 Å². The van der Waals surface area contributed by atoms with E-state index in [9.17, 15) is 0 Å². The van der Waals surface area contributed by atoms with Crippen molar-refractivity contribution in [2.75, 3.05) is 18.1 Å². The molecule has 0 saturated heterocycles. The number of anilines is 2. The highest BCUT2D eigenvalue weighted by atomic mass is 16.5. The third-order valence-electron chi connectivity index (χ3n) is 2.16. The minimum atomic E-state index is 0.119. The molecule has 0 aliphatic rings. The molecule has 0 unspecified atom stereocenters. The molecule has 6 heteroatoms. The smallest absolute Gasteiger partial charge is 0.226 e.